The average Bonchev–Trinajstić information content (AvgIpc) is 3.53. The lowest BCUT2D eigenvalue weighted by atomic mass is 9.97. The summed E-state index contributed by atoms with van der Waals surface area (Å²) in [5, 5.41) is 5.95. The summed E-state index contributed by atoms with van der Waals surface area (Å²) in [5.41, 5.74) is 0.219. The molecule has 2 aliphatic carbocycles. The Morgan fingerprint density at radius 2 is 1.80 bits per heavy atom. The Kier molecular flexibility index (Phi) is 8.24. The van der Waals surface area contributed by atoms with Crippen molar-refractivity contribution in [2.45, 2.75) is 89.2 Å². The maximum Gasteiger partial charge on any atom is 0.416 e. The molecule has 0 aromatic heterocycles. The Hall–Kier alpha value is -2.29. The zero-order valence-electron chi connectivity index (χ0n) is 20.3. The van der Waals surface area contributed by atoms with Gasteiger partial charge in [-0.1, -0.05) is 25.5 Å². The highest BCUT2D eigenvalue weighted by Crippen LogP contribution is 2.39. The Balaban J connectivity index is 1.28. The lowest BCUT2D eigenvalue weighted by molar-refractivity contribution is -0.137. The summed E-state index contributed by atoms with van der Waals surface area (Å²) in [6.07, 6.45) is 2.23. The van der Waals surface area contributed by atoms with E-state index in [1.54, 1.807) is 12.1 Å². The second-order valence-corrected chi connectivity index (χ2v) is 10.3. The van der Waals surface area contributed by atoms with E-state index in [1.807, 2.05) is 6.92 Å². The monoisotopic (exact) mass is 495 g/mol. The van der Waals surface area contributed by atoms with Crippen LogP contribution >= 0.6 is 0 Å². The third-order valence-corrected chi connectivity index (χ3v) is 7.71. The number of hydrogen-bond acceptors (Lipinski definition) is 4. The minimum atomic E-state index is -4.33. The van der Waals surface area contributed by atoms with Crippen LogP contribution in [0.2, 0.25) is 0 Å². The number of nitrogens with zero attached hydrogens (tertiary/aromatic N) is 1. The van der Waals surface area contributed by atoms with E-state index in [9.17, 15) is 22.8 Å². The summed E-state index contributed by atoms with van der Waals surface area (Å²) in [4.78, 5) is 27.6. The Labute approximate surface area is 205 Å². The second-order valence-electron chi connectivity index (χ2n) is 10.3. The van der Waals surface area contributed by atoms with Crippen LogP contribution in [0.5, 0.6) is 0 Å². The first-order chi connectivity index (χ1) is 16.7. The molecule has 1 heterocycles. The van der Waals surface area contributed by atoms with Gasteiger partial charge in [0.25, 0.3) is 0 Å². The highest BCUT2D eigenvalue weighted by Gasteiger charge is 2.43. The minimum Gasteiger partial charge on any atom is -0.446 e. The van der Waals surface area contributed by atoms with E-state index in [1.165, 1.54) is 0 Å². The number of carbonyl (C=O) groups excluding carboxylic acids is 2. The van der Waals surface area contributed by atoms with E-state index in [0.29, 0.717) is 24.8 Å². The van der Waals surface area contributed by atoms with Gasteiger partial charge in [0.1, 0.15) is 12.1 Å². The molecule has 0 unspecified atom stereocenters. The number of carbonyl (C=O) groups is 2. The molecule has 1 aromatic rings. The normalized spacial score (nSPS) is 25.9. The molecule has 3 fully saturated rings. The Morgan fingerprint density at radius 3 is 2.46 bits per heavy atom. The van der Waals surface area contributed by atoms with Crippen molar-refractivity contribution < 1.29 is 27.5 Å². The van der Waals surface area contributed by atoms with Crippen LogP contribution in [0, 0.1) is 11.8 Å². The van der Waals surface area contributed by atoms with Gasteiger partial charge in [-0.05, 0) is 74.5 Å². The topological polar surface area (TPSA) is 70.7 Å². The Bertz CT molecular complexity index is 871. The van der Waals surface area contributed by atoms with Gasteiger partial charge in [-0.2, -0.15) is 13.2 Å². The summed E-state index contributed by atoms with van der Waals surface area (Å²) < 4.78 is 43.9. The second kappa shape index (κ2) is 11.2. The van der Waals surface area contributed by atoms with Crippen LogP contribution in [0.25, 0.3) is 0 Å². The number of benzene rings is 1. The molecule has 1 aliphatic heterocycles. The number of hydrogen-bond donors (Lipinski definition) is 2. The number of alkyl carbamates (subject to hydrolysis) is 1. The van der Waals surface area contributed by atoms with E-state index < -0.39 is 23.9 Å². The number of halogens is 3. The van der Waals surface area contributed by atoms with Crippen molar-refractivity contribution in [1.82, 2.24) is 15.5 Å². The smallest absolute Gasteiger partial charge is 0.416 e. The van der Waals surface area contributed by atoms with Crippen LogP contribution in [0.1, 0.15) is 69.4 Å². The van der Waals surface area contributed by atoms with Crippen LogP contribution in [0.4, 0.5) is 18.0 Å². The molecule has 0 radical (unpaired) electrons. The fourth-order valence-electron chi connectivity index (χ4n) is 5.90. The van der Waals surface area contributed by atoms with E-state index in [-0.39, 0.29) is 18.1 Å². The van der Waals surface area contributed by atoms with Gasteiger partial charge in [-0.25, -0.2) is 4.79 Å². The first-order valence-electron chi connectivity index (χ1n) is 12.9. The first kappa shape index (κ1) is 25.8. The summed E-state index contributed by atoms with van der Waals surface area (Å²) in [5.74, 6) is 0.600. The van der Waals surface area contributed by atoms with E-state index in [0.717, 1.165) is 75.7 Å². The van der Waals surface area contributed by atoms with Crippen LogP contribution < -0.4 is 10.6 Å². The van der Waals surface area contributed by atoms with Crippen molar-refractivity contribution in [1.29, 1.82) is 0 Å². The van der Waals surface area contributed by atoms with Gasteiger partial charge < -0.3 is 15.4 Å². The standard InChI is InChI=1S/C26H36F3N3O3/c1-2-5-23(31-25(34)35-20-6-3-4-7-20)24(33)30-22-13-10-18-15-32(16-21(18)22)14-17-8-11-19(12-9-17)26(27,28)29/h8-9,11-12,18,20-23H,2-7,10,13-16H2,1H3,(H,30,33)(H,31,34)/t18-,21+,22+,23+/m1/s1. The highest BCUT2D eigenvalue weighted by atomic mass is 19.4. The Morgan fingerprint density at radius 1 is 1.09 bits per heavy atom. The fourth-order valence-corrected chi connectivity index (χ4v) is 5.90. The molecular weight excluding hydrogens is 459 g/mol. The number of ether oxygens (including phenoxy) is 1. The SMILES string of the molecule is CCC[C@H](NC(=O)OC1CCCC1)C(=O)N[C@H]1CC[C@@H]2CN(Cc3ccc(C(F)(F)F)cc3)C[C@@H]21. The molecule has 4 rings (SSSR count). The van der Waals surface area contributed by atoms with Gasteiger partial charge in [-0.15, -0.1) is 0 Å². The van der Waals surface area contributed by atoms with Gasteiger partial charge >= 0.3 is 12.3 Å². The van der Waals surface area contributed by atoms with Crippen molar-refractivity contribution in [2.75, 3.05) is 13.1 Å². The molecule has 3 aliphatic rings. The van der Waals surface area contributed by atoms with Crippen molar-refractivity contribution in [2.24, 2.45) is 11.8 Å². The van der Waals surface area contributed by atoms with Crippen LogP contribution in [-0.2, 0) is 22.3 Å². The molecule has 4 atom stereocenters. The van der Waals surface area contributed by atoms with Crippen molar-refractivity contribution in [3.8, 4) is 0 Å². The molecule has 35 heavy (non-hydrogen) atoms. The number of amides is 2. The quantitative estimate of drug-likeness (QED) is 0.540. The molecule has 0 spiro atoms. The summed E-state index contributed by atoms with van der Waals surface area (Å²) in [6, 6.07) is 4.78. The molecule has 2 N–H and O–H groups in total. The zero-order valence-corrected chi connectivity index (χ0v) is 20.3. The van der Waals surface area contributed by atoms with Gasteiger partial charge in [0.2, 0.25) is 5.91 Å². The predicted molar refractivity (Wildman–Crippen MR) is 125 cm³/mol. The average molecular weight is 496 g/mol. The van der Waals surface area contributed by atoms with Gasteiger partial charge in [0.05, 0.1) is 5.56 Å². The van der Waals surface area contributed by atoms with Crippen molar-refractivity contribution in [3.63, 3.8) is 0 Å². The number of nitrogens with one attached hydrogen (secondary N) is 2. The van der Waals surface area contributed by atoms with Gasteiger partial charge in [-0.3, -0.25) is 9.69 Å². The van der Waals surface area contributed by atoms with E-state index in [4.69, 9.17) is 4.74 Å². The third kappa shape index (κ3) is 6.68. The molecule has 1 aromatic carbocycles. The lowest BCUT2D eigenvalue weighted by Crippen LogP contribution is -2.51. The molecule has 2 saturated carbocycles. The number of likely N-dealkylation sites (tertiary alicyclic amines) is 1. The number of alkyl halides is 3. The predicted octanol–water partition coefficient (Wildman–Crippen LogP) is 4.87. The largest absolute Gasteiger partial charge is 0.446 e. The molecule has 194 valence electrons. The van der Waals surface area contributed by atoms with Crippen LogP contribution in [0.15, 0.2) is 24.3 Å². The summed E-state index contributed by atoms with van der Waals surface area (Å²) >= 11 is 0. The summed E-state index contributed by atoms with van der Waals surface area (Å²) in [6.45, 7) is 4.25. The first-order valence-corrected chi connectivity index (χ1v) is 12.9. The molecular formula is C26H36F3N3O3. The number of fused-ring (bicyclic) bond motifs is 1. The van der Waals surface area contributed by atoms with E-state index in [2.05, 4.69) is 15.5 Å². The van der Waals surface area contributed by atoms with E-state index >= 15 is 0 Å². The molecule has 2 amide bonds. The molecule has 9 heteroatoms. The third-order valence-electron chi connectivity index (χ3n) is 7.71. The maximum atomic E-state index is 13.0. The lowest BCUT2D eigenvalue weighted by Gasteiger charge is -2.25. The van der Waals surface area contributed by atoms with Gasteiger partial charge in [0.15, 0.2) is 0 Å². The maximum absolute atomic E-state index is 13.0. The highest BCUT2D eigenvalue weighted by molar-refractivity contribution is 5.85. The van der Waals surface area contributed by atoms with Crippen LogP contribution in [0.3, 0.4) is 0 Å². The molecule has 1 saturated heterocycles. The van der Waals surface area contributed by atoms with Crippen LogP contribution in [-0.4, -0.2) is 48.2 Å². The zero-order chi connectivity index (χ0) is 25.0. The fraction of sp³-hybridized carbons (Fsp3) is 0.692. The molecule has 0 bridgehead atoms. The van der Waals surface area contributed by atoms with Crippen molar-refractivity contribution in [3.05, 3.63) is 35.4 Å². The number of rotatable bonds is 8. The minimum absolute atomic E-state index is 0.0390. The molecule has 6 nitrogen and oxygen atoms in total. The summed E-state index contributed by atoms with van der Waals surface area (Å²) in [7, 11) is 0. The van der Waals surface area contributed by atoms with Gasteiger partial charge in [0, 0.05) is 25.7 Å². The van der Waals surface area contributed by atoms with Crippen molar-refractivity contribution >= 4 is 12.0 Å².